The van der Waals surface area contributed by atoms with Gasteiger partial charge in [0.05, 0.1) is 6.10 Å². The quantitative estimate of drug-likeness (QED) is 0.733. The molecule has 1 aliphatic rings. The molecule has 0 aromatic heterocycles. The number of aromatic hydroxyl groups is 2. The van der Waals surface area contributed by atoms with E-state index in [-0.39, 0.29) is 11.5 Å². The van der Waals surface area contributed by atoms with Gasteiger partial charge in [-0.2, -0.15) is 0 Å². The van der Waals surface area contributed by atoms with Crippen LogP contribution in [0.25, 0.3) is 0 Å². The Hall–Kier alpha value is -2.20. The van der Waals surface area contributed by atoms with E-state index in [2.05, 4.69) is 0 Å². The molecule has 98 valence electrons. The number of aliphatic hydroxyl groups excluding tert-OH is 1. The third-order valence-corrected chi connectivity index (χ3v) is 3.32. The number of rotatable bonds is 1. The summed E-state index contributed by atoms with van der Waals surface area (Å²) < 4.78 is 5.74. The van der Waals surface area contributed by atoms with E-state index in [1.165, 1.54) is 0 Å². The normalized spacial score (nSPS) is 21.5. The molecule has 2 aromatic rings. The molecule has 2 aromatic carbocycles. The van der Waals surface area contributed by atoms with Crippen molar-refractivity contribution < 1.29 is 20.1 Å². The van der Waals surface area contributed by atoms with E-state index >= 15 is 0 Å². The Morgan fingerprint density at radius 2 is 1.84 bits per heavy atom. The molecule has 0 fully saturated rings. The number of aliphatic hydroxyl groups is 1. The number of hydrogen-bond donors (Lipinski definition) is 3. The third kappa shape index (κ3) is 2.11. The highest BCUT2D eigenvalue weighted by molar-refractivity contribution is 5.46. The molecule has 0 unspecified atom stereocenters. The molecule has 3 N–H and O–H groups in total. The van der Waals surface area contributed by atoms with Crippen molar-refractivity contribution in [2.24, 2.45) is 0 Å². The summed E-state index contributed by atoms with van der Waals surface area (Å²) in [6, 6.07) is 11.7. The maximum atomic E-state index is 10.2. The standard InChI is InChI=1S/C15H14O4/c16-10-4-1-3-9(7-10)15-13(18)8-11-12(17)5-2-6-14(11)19-15/h1-7,13,15-18H,8H2/t13-,15-/m1/s1. The largest absolute Gasteiger partial charge is 0.508 e. The van der Waals surface area contributed by atoms with Crippen LogP contribution in [0.1, 0.15) is 17.2 Å². The van der Waals surface area contributed by atoms with Gasteiger partial charge in [-0.3, -0.25) is 0 Å². The van der Waals surface area contributed by atoms with Crippen molar-refractivity contribution in [3.63, 3.8) is 0 Å². The SMILES string of the molecule is Oc1cccc([C@H]2Oc3cccc(O)c3C[C@H]2O)c1. The van der Waals surface area contributed by atoms with Crippen molar-refractivity contribution in [1.29, 1.82) is 0 Å². The lowest BCUT2D eigenvalue weighted by Crippen LogP contribution is -2.30. The Morgan fingerprint density at radius 1 is 1.05 bits per heavy atom. The maximum Gasteiger partial charge on any atom is 0.150 e. The average Bonchev–Trinajstić information content (AvgIpc) is 2.39. The first kappa shape index (κ1) is 11.9. The molecule has 0 saturated heterocycles. The van der Waals surface area contributed by atoms with Crippen LogP contribution in [-0.2, 0) is 6.42 Å². The highest BCUT2D eigenvalue weighted by atomic mass is 16.5. The van der Waals surface area contributed by atoms with Gasteiger partial charge in [0.25, 0.3) is 0 Å². The Bertz CT molecular complexity index is 609. The molecule has 0 spiro atoms. The third-order valence-electron chi connectivity index (χ3n) is 3.32. The lowest BCUT2D eigenvalue weighted by atomic mass is 9.94. The van der Waals surface area contributed by atoms with E-state index in [1.54, 1.807) is 42.5 Å². The fraction of sp³-hybridized carbons (Fsp3) is 0.200. The molecule has 0 bridgehead atoms. The molecule has 19 heavy (non-hydrogen) atoms. The second-order valence-electron chi connectivity index (χ2n) is 4.66. The average molecular weight is 258 g/mol. The number of phenols is 2. The van der Waals surface area contributed by atoms with Gasteiger partial charge < -0.3 is 20.1 Å². The molecule has 1 aliphatic heterocycles. The van der Waals surface area contributed by atoms with E-state index in [9.17, 15) is 15.3 Å². The minimum atomic E-state index is -0.761. The molecule has 0 saturated carbocycles. The zero-order chi connectivity index (χ0) is 13.4. The van der Waals surface area contributed by atoms with Crippen LogP contribution in [0, 0.1) is 0 Å². The van der Waals surface area contributed by atoms with Crippen LogP contribution in [0.4, 0.5) is 0 Å². The van der Waals surface area contributed by atoms with Gasteiger partial charge in [0.2, 0.25) is 0 Å². The van der Waals surface area contributed by atoms with Crippen molar-refractivity contribution >= 4 is 0 Å². The summed E-state index contributed by atoms with van der Waals surface area (Å²) in [6.07, 6.45) is -0.980. The Labute approximate surface area is 110 Å². The molecule has 0 aliphatic carbocycles. The van der Waals surface area contributed by atoms with Crippen molar-refractivity contribution in [1.82, 2.24) is 0 Å². The fourth-order valence-corrected chi connectivity index (χ4v) is 2.39. The zero-order valence-corrected chi connectivity index (χ0v) is 10.2. The summed E-state index contributed by atoms with van der Waals surface area (Å²) in [6.45, 7) is 0. The van der Waals surface area contributed by atoms with Crippen LogP contribution in [0.5, 0.6) is 17.2 Å². The molecule has 2 atom stereocenters. The number of fused-ring (bicyclic) bond motifs is 1. The van der Waals surface area contributed by atoms with Crippen molar-refractivity contribution in [3.8, 4) is 17.2 Å². The summed E-state index contributed by atoms with van der Waals surface area (Å²) in [7, 11) is 0. The van der Waals surface area contributed by atoms with Gasteiger partial charge in [0.1, 0.15) is 23.4 Å². The van der Waals surface area contributed by atoms with E-state index in [1.807, 2.05) is 0 Å². The lowest BCUT2D eigenvalue weighted by molar-refractivity contribution is 0.0199. The van der Waals surface area contributed by atoms with Crippen LogP contribution in [0.15, 0.2) is 42.5 Å². The smallest absolute Gasteiger partial charge is 0.150 e. The molecule has 1 heterocycles. The van der Waals surface area contributed by atoms with Gasteiger partial charge in [-0.1, -0.05) is 18.2 Å². The number of ether oxygens (including phenoxy) is 1. The van der Waals surface area contributed by atoms with Gasteiger partial charge in [-0.25, -0.2) is 0 Å². The highest BCUT2D eigenvalue weighted by Gasteiger charge is 2.31. The van der Waals surface area contributed by atoms with E-state index in [0.29, 0.717) is 23.3 Å². The second-order valence-corrected chi connectivity index (χ2v) is 4.66. The molecule has 0 amide bonds. The highest BCUT2D eigenvalue weighted by Crippen LogP contribution is 2.39. The van der Waals surface area contributed by atoms with E-state index in [4.69, 9.17) is 4.74 Å². The van der Waals surface area contributed by atoms with E-state index < -0.39 is 12.2 Å². The van der Waals surface area contributed by atoms with Crippen LogP contribution in [0.3, 0.4) is 0 Å². The van der Waals surface area contributed by atoms with Gasteiger partial charge in [-0.15, -0.1) is 0 Å². The number of hydrogen-bond acceptors (Lipinski definition) is 4. The summed E-state index contributed by atoms with van der Waals surface area (Å²) in [5.74, 6) is 0.833. The fourth-order valence-electron chi connectivity index (χ4n) is 2.39. The first-order valence-corrected chi connectivity index (χ1v) is 6.09. The molecule has 4 nitrogen and oxygen atoms in total. The Kier molecular flexibility index (Phi) is 2.80. The molecular formula is C15H14O4. The molecule has 4 heteroatoms. The topological polar surface area (TPSA) is 69.9 Å². The number of benzene rings is 2. The van der Waals surface area contributed by atoms with E-state index in [0.717, 1.165) is 0 Å². The zero-order valence-electron chi connectivity index (χ0n) is 10.2. The minimum absolute atomic E-state index is 0.130. The van der Waals surface area contributed by atoms with Crippen molar-refractivity contribution in [3.05, 3.63) is 53.6 Å². The van der Waals surface area contributed by atoms with Crippen molar-refractivity contribution in [2.45, 2.75) is 18.6 Å². The van der Waals surface area contributed by atoms with Gasteiger partial charge in [0.15, 0.2) is 0 Å². The van der Waals surface area contributed by atoms with Crippen LogP contribution in [-0.4, -0.2) is 21.4 Å². The summed E-state index contributed by atoms with van der Waals surface area (Å²) in [5.41, 5.74) is 1.33. The molecular weight excluding hydrogens is 244 g/mol. The number of phenolic OH excluding ortho intramolecular Hbond substituents is 2. The minimum Gasteiger partial charge on any atom is -0.508 e. The van der Waals surface area contributed by atoms with Crippen LogP contribution < -0.4 is 4.74 Å². The summed E-state index contributed by atoms with van der Waals surface area (Å²) in [4.78, 5) is 0. The first-order valence-electron chi connectivity index (χ1n) is 6.09. The van der Waals surface area contributed by atoms with Gasteiger partial charge in [0, 0.05) is 12.0 Å². The monoisotopic (exact) mass is 258 g/mol. The lowest BCUT2D eigenvalue weighted by Gasteiger charge is -2.31. The maximum absolute atomic E-state index is 10.2. The van der Waals surface area contributed by atoms with Crippen LogP contribution >= 0.6 is 0 Å². The summed E-state index contributed by atoms with van der Waals surface area (Å²) in [5, 5.41) is 29.4. The molecule has 3 rings (SSSR count). The van der Waals surface area contributed by atoms with Crippen LogP contribution in [0.2, 0.25) is 0 Å². The summed E-state index contributed by atoms with van der Waals surface area (Å²) >= 11 is 0. The van der Waals surface area contributed by atoms with Gasteiger partial charge in [-0.05, 0) is 29.8 Å². The predicted octanol–water partition coefficient (Wildman–Crippen LogP) is 2.13. The second kappa shape index (κ2) is 4.48. The molecule has 0 radical (unpaired) electrons. The Balaban J connectivity index is 1.98. The van der Waals surface area contributed by atoms with Gasteiger partial charge >= 0.3 is 0 Å². The Morgan fingerprint density at radius 3 is 2.63 bits per heavy atom. The first-order chi connectivity index (χ1) is 9.15. The van der Waals surface area contributed by atoms with Crippen molar-refractivity contribution in [2.75, 3.05) is 0 Å². The predicted molar refractivity (Wildman–Crippen MR) is 69.3 cm³/mol.